The van der Waals surface area contributed by atoms with Crippen LogP contribution in [0.3, 0.4) is 0 Å². The molecule has 18 heavy (non-hydrogen) atoms. The van der Waals surface area contributed by atoms with Gasteiger partial charge in [0.05, 0.1) is 6.10 Å². The molecule has 2 rings (SSSR count). The molecule has 0 amide bonds. The minimum atomic E-state index is -0.128. The number of ether oxygens (including phenoxy) is 1. The summed E-state index contributed by atoms with van der Waals surface area (Å²) in [7, 11) is 1.77. The van der Waals surface area contributed by atoms with E-state index in [1.165, 1.54) is 12.5 Å². The van der Waals surface area contributed by atoms with Gasteiger partial charge in [-0.2, -0.15) is 0 Å². The van der Waals surface area contributed by atoms with Crippen LogP contribution in [0.5, 0.6) is 0 Å². The van der Waals surface area contributed by atoms with Gasteiger partial charge in [-0.1, -0.05) is 18.2 Å². The summed E-state index contributed by atoms with van der Waals surface area (Å²) in [6, 6.07) is 7.46. The minimum absolute atomic E-state index is 0.0480. The Morgan fingerprint density at radius 2 is 2.11 bits per heavy atom. The predicted octanol–water partition coefficient (Wildman–Crippen LogP) is 3.43. The van der Waals surface area contributed by atoms with Crippen molar-refractivity contribution in [3.05, 3.63) is 35.6 Å². The molecule has 100 valence electrons. The zero-order chi connectivity index (χ0) is 13.0. The van der Waals surface area contributed by atoms with Crippen molar-refractivity contribution in [3.63, 3.8) is 0 Å². The van der Waals surface area contributed by atoms with E-state index >= 15 is 0 Å². The molecule has 3 atom stereocenters. The monoisotopic (exact) mass is 251 g/mol. The van der Waals surface area contributed by atoms with Gasteiger partial charge in [0.1, 0.15) is 5.82 Å². The van der Waals surface area contributed by atoms with Gasteiger partial charge in [0.2, 0.25) is 0 Å². The lowest BCUT2D eigenvalue weighted by Crippen LogP contribution is -2.38. The summed E-state index contributed by atoms with van der Waals surface area (Å²) in [6.45, 7) is 2.02. The van der Waals surface area contributed by atoms with Gasteiger partial charge in [-0.25, -0.2) is 4.39 Å². The quantitative estimate of drug-likeness (QED) is 0.885. The zero-order valence-corrected chi connectivity index (χ0v) is 11.2. The van der Waals surface area contributed by atoms with Crippen molar-refractivity contribution in [2.24, 2.45) is 0 Å². The SMILES string of the molecule is COC1CCCC(NC(C)c2ccccc2F)C1. The van der Waals surface area contributed by atoms with Crippen molar-refractivity contribution in [1.29, 1.82) is 0 Å². The molecule has 0 spiro atoms. The standard InChI is InChI=1S/C15H22FNO/c1-11(14-8-3-4-9-15(14)16)17-12-6-5-7-13(10-12)18-2/h3-4,8-9,11-13,17H,5-7,10H2,1-2H3. The highest BCUT2D eigenvalue weighted by Crippen LogP contribution is 2.24. The fourth-order valence-corrected chi connectivity index (χ4v) is 2.78. The summed E-state index contributed by atoms with van der Waals surface area (Å²) in [5, 5.41) is 3.52. The molecule has 0 saturated heterocycles. The Morgan fingerprint density at radius 3 is 2.83 bits per heavy atom. The molecule has 1 aromatic rings. The van der Waals surface area contributed by atoms with E-state index in [2.05, 4.69) is 5.32 Å². The molecule has 0 aromatic heterocycles. The van der Waals surface area contributed by atoms with Crippen LogP contribution in [0.2, 0.25) is 0 Å². The maximum Gasteiger partial charge on any atom is 0.127 e. The number of hydrogen-bond donors (Lipinski definition) is 1. The van der Waals surface area contributed by atoms with Gasteiger partial charge in [-0.05, 0) is 38.7 Å². The fraction of sp³-hybridized carbons (Fsp3) is 0.600. The number of hydrogen-bond acceptors (Lipinski definition) is 2. The van der Waals surface area contributed by atoms with Gasteiger partial charge in [-0.3, -0.25) is 0 Å². The summed E-state index contributed by atoms with van der Waals surface area (Å²) in [6.07, 6.45) is 4.85. The first-order valence-corrected chi connectivity index (χ1v) is 6.74. The lowest BCUT2D eigenvalue weighted by Gasteiger charge is -2.31. The lowest BCUT2D eigenvalue weighted by molar-refractivity contribution is 0.0572. The average Bonchev–Trinajstić information content (AvgIpc) is 2.39. The summed E-state index contributed by atoms with van der Waals surface area (Å²) in [5.41, 5.74) is 0.747. The van der Waals surface area contributed by atoms with Gasteiger partial charge in [0, 0.05) is 24.8 Å². The molecule has 0 bridgehead atoms. The number of rotatable bonds is 4. The largest absolute Gasteiger partial charge is 0.381 e. The molecule has 3 heteroatoms. The average molecular weight is 251 g/mol. The van der Waals surface area contributed by atoms with E-state index in [9.17, 15) is 4.39 Å². The molecule has 0 radical (unpaired) electrons. The Morgan fingerprint density at radius 1 is 1.33 bits per heavy atom. The molecular weight excluding hydrogens is 229 g/mol. The van der Waals surface area contributed by atoms with Crippen LogP contribution in [0, 0.1) is 5.82 Å². The maximum absolute atomic E-state index is 13.7. The minimum Gasteiger partial charge on any atom is -0.381 e. The number of benzene rings is 1. The third kappa shape index (κ3) is 3.30. The Labute approximate surface area is 109 Å². The summed E-state index contributed by atoms with van der Waals surface area (Å²) < 4.78 is 19.1. The summed E-state index contributed by atoms with van der Waals surface area (Å²) in [5.74, 6) is -0.128. The second kappa shape index (κ2) is 6.30. The second-order valence-corrected chi connectivity index (χ2v) is 5.13. The highest BCUT2D eigenvalue weighted by atomic mass is 19.1. The molecule has 1 fully saturated rings. The van der Waals surface area contributed by atoms with Crippen LogP contribution >= 0.6 is 0 Å². The van der Waals surface area contributed by atoms with Crippen LogP contribution in [0.4, 0.5) is 4.39 Å². The van der Waals surface area contributed by atoms with Gasteiger partial charge < -0.3 is 10.1 Å². The smallest absolute Gasteiger partial charge is 0.127 e. The first-order valence-electron chi connectivity index (χ1n) is 6.74. The van der Waals surface area contributed by atoms with Gasteiger partial charge in [-0.15, -0.1) is 0 Å². The van der Waals surface area contributed by atoms with Crippen molar-refractivity contribution in [3.8, 4) is 0 Å². The van der Waals surface area contributed by atoms with Crippen LogP contribution in [0.15, 0.2) is 24.3 Å². The van der Waals surface area contributed by atoms with Crippen molar-refractivity contribution < 1.29 is 9.13 Å². The molecule has 1 aliphatic rings. The summed E-state index contributed by atoms with van der Waals surface area (Å²) >= 11 is 0. The van der Waals surface area contributed by atoms with Crippen LogP contribution in [-0.2, 0) is 4.74 Å². The van der Waals surface area contributed by atoms with E-state index < -0.39 is 0 Å². The van der Waals surface area contributed by atoms with Crippen LogP contribution in [0.1, 0.15) is 44.2 Å². The Balaban J connectivity index is 1.95. The molecule has 0 aliphatic heterocycles. The highest BCUT2D eigenvalue weighted by molar-refractivity contribution is 5.20. The molecule has 1 N–H and O–H groups in total. The Bertz CT molecular complexity index is 383. The molecule has 1 aromatic carbocycles. The van der Waals surface area contributed by atoms with E-state index in [1.807, 2.05) is 19.1 Å². The number of nitrogens with one attached hydrogen (secondary N) is 1. The number of methoxy groups -OCH3 is 1. The Hall–Kier alpha value is -0.930. The lowest BCUT2D eigenvalue weighted by atomic mass is 9.92. The first kappa shape index (κ1) is 13.5. The predicted molar refractivity (Wildman–Crippen MR) is 71.0 cm³/mol. The molecule has 1 aliphatic carbocycles. The summed E-state index contributed by atoms with van der Waals surface area (Å²) in [4.78, 5) is 0. The molecule has 2 nitrogen and oxygen atoms in total. The fourth-order valence-electron chi connectivity index (χ4n) is 2.78. The van der Waals surface area contributed by atoms with E-state index in [0.717, 1.165) is 24.8 Å². The van der Waals surface area contributed by atoms with Gasteiger partial charge in [0.25, 0.3) is 0 Å². The van der Waals surface area contributed by atoms with Crippen LogP contribution < -0.4 is 5.32 Å². The molecule has 1 saturated carbocycles. The van der Waals surface area contributed by atoms with Crippen molar-refractivity contribution in [2.45, 2.75) is 50.8 Å². The maximum atomic E-state index is 13.7. The highest BCUT2D eigenvalue weighted by Gasteiger charge is 2.23. The van der Waals surface area contributed by atoms with Gasteiger partial charge >= 0.3 is 0 Å². The zero-order valence-electron chi connectivity index (χ0n) is 11.2. The van der Waals surface area contributed by atoms with E-state index in [-0.39, 0.29) is 11.9 Å². The van der Waals surface area contributed by atoms with Crippen LogP contribution in [0.25, 0.3) is 0 Å². The van der Waals surface area contributed by atoms with Crippen molar-refractivity contribution in [1.82, 2.24) is 5.32 Å². The van der Waals surface area contributed by atoms with Gasteiger partial charge in [0.15, 0.2) is 0 Å². The van der Waals surface area contributed by atoms with E-state index in [4.69, 9.17) is 4.74 Å². The van der Waals surface area contributed by atoms with E-state index in [0.29, 0.717) is 12.1 Å². The van der Waals surface area contributed by atoms with Crippen molar-refractivity contribution >= 4 is 0 Å². The molecular formula is C15H22FNO. The van der Waals surface area contributed by atoms with Crippen molar-refractivity contribution in [2.75, 3.05) is 7.11 Å². The second-order valence-electron chi connectivity index (χ2n) is 5.13. The third-order valence-corrected chi connectivity index (χ3v) is 3.82. The number of halogens is 1. The van der Waals surface area contributed by atoms with E-state index in [1.54, 1.807) is 13.2 Å². The third-order valence-electron chi connectivity index (χ3n) is 3.82. The first-order chi connectivity index (χ1) is 8.70. The van der Waals surface area contributed by atoms with Crippen LogP contribution in [-0.4, -0.2) is 19.3 Å². The molecule has 3 unspecified atom stereocenters. The normalized spacial score (nSPS) is 25.9. The molecule has 0 heterocycles. The Kier molecular flexibility index (Phi) is 4.72. The topological polar surface area (TPSA) is 21.3 Å².